The predicted molar refractivity (Wildman–Crippen MR) is 80.5 cm³/mol. The molecule has 1 fully saturated rings. The van der Waals surface area contributed by atoms with E-state index in [0.717, 1.165) is 25.4 Å². The third-order valence-corrected chi connectivity index (χ3v) is 5.25. The molecule has 0 aliphatic carbocycles. The van der Waals surface area contributed by atoms with Crippen LogP contribution in [-0.4, -0.2) is 29.5 Å². The van der Waals surface area contributed by atoms with Gasteiger partial charge in [-0.25, -0.2) is 4.98 Å². The minimum atomic E-state index is 0.530. The predicted octanol–water partition coefficient (Wildman–Crippen LogP) is 2.97. The van der Waals surface area contributed by atoms with Gasteiger partial charge in [0, 0.05) is 30.9 Å². The van der Waals surface area contributed by atoms with Gasteiger partial charge in [0.1, 0.15) is 5.01 Å². The van der Waals surface area contributed by atoms with Crippen LogP contribution in [0.3, 0.4) is 0 Å². The van der Waals surface area contributed by atoms with E-state index >= 15 is 0 Å². The molecule has 0 aromatic carbocycles. The number of thiazole rings is 1. The van der Waals surface area contributed by atoms with Crippen molar-refractivity contribution in [3.8, 4) is 0 Å². The molecular formula is C15H25N3S. The molecule has 1 atom stereocenters. The summed E-state index contributed by atoms with van der Waals surface area (Å²) < 4.78 is 0. The Morgan fingerprint density at radius 2 is 2.32 bits per heavy atom. The standard InChI is InChI=1S/C15H25N3S/c1-11(2)9-18-8-6-12-14(10-18)19-15(17-12)13-5-3-4-7-16-13/h11,13,16H,3-10H2,1-2H3. The van der Waals surface area contributed by atoms with Gasteiger partial charge in [0.15, 0.2) is 0 Å². The lowest BCUT2D eigenvalue weighted by Gasteiger charge is -2.27. The van der Waals surface area contributed by atoms with Gasteiger partial charge in [-0.2, -0.15) is 0 Å². The van der Waals surface area contributed by atoms with Gasteiger partial charge in [-0.1, -0.05) is 20.3 Å². The lowest BCUT2D eigenvalue weighted by atomic mass is 10.1. The Bertz CT molecular complexity index is 421. The van der Waals surface area contributed by atoms with E-state index in [1.54, 1.807) is 0 Å². The molecule has 1 unspecified atom stereocenters. The van der Waals surface area contributed by atoms with Gasteiger partial charge in [0.2, 0.25) is 0 Å². The number of fused-ring (bicyclic) bond motifs is 1. The zero-order valence-corrected chi connectivity index (χ0v) is 12.9. The number of rotatable bonds is 3. The molecule has 0 spiro atoms. The highest BCUT2D eigenvalue weighted by molar-refractivity contribution is 7.11. The van der Waals surface area contributed by atoms with Gasteiger partial charge in [0.05, 0.1) is 11.7 Å². The van der Waals surface area contributed by atoms with Gasteiger partial charge in [0.25, 0.3) is 0 Å². The van der Waals surface area contributed by atoms with Crippen LogP contribution in [0.2, 0.25) is 0 Å². The summed E-state index contributed by atoms with van der Waals surface area (Å²) in [7, 11) is 0. The summed E-state index contributed by atoms with van der Waals surface area (Å²) in [4.78, 5) is 9.03. The molecule has 19 heavy (non-hydrogen) atoms. The van der Waals surface area contributed by atoms with E-state index in [2.05, 4.69) is 24.1 Å². The highest BCUT2D eigenvalue weighted by Crippen LogP contribution is 2.32. The molecule has 0 amide bonds. The lowest BCUT2D eigenvalue weighted by Crippen LogP contribution is -2.32. The smallest absolute Gasteiger partial charge is 0.110 e. The first kappa shape index (κ1) is 13.5. The minimum absolute atomic E-state index is 0.530. The Morgan fingerprint density at radius 1 is 1.42 bits per heavy atom. The van der Waals surface area contributed by atoms with Gasteiger partial charge >= 0.3 is 0 Å². The van der Waals surface area contributed by atoms with E-state index < -0.39 is 0 Å². The summed E-state index contributed by atoms with van der Waals surface area (Å²) in [5.74, 6) is 0.758. The topological polar surface area (TPSA) is 28.2 Å². The molecular weight excluding hydrogens is 254 g/mol. The zero-order valence-electron chi connectivity index (χ0n) is 12.1. The van der Waals surface area contributed by atoms with E-state index in [-0.39, 0.29) is 0 Å². The van der Waals surface area contributed by atoms with E-state index in [1.165, 1.54) is 47.9 Å². The number of hydrogen-bond donors (Lipinski definition) is 1. The van der Waals surface area contributed by atoms with Crippen molar-refractivity contribution in [3.05, 3.63) is 15.6 Å². The molecule has 1 saturated heterocycles. The van der Waals surface area contributed by atoms with Gasteiger partial charge < -0.3 is 5.32 Å². The monoisotopic (exact) mass is 279 g/mol. The van der Waals surface area contributed by atoms with Crippen molar-refractivity contribution in [1.29, 1.82) is 0 Å². The number of aromatic nitrogens is 1. The summed E-state index contributed by atoms with van der Waals surface area (Å²) in [6, 6.07) is 0.530. The van der Waals surface area contributed by atoms with Crippen LogP contribution in [0.5, 0.6) is 0 Å². The average molecular weight is 279 g/mol. The molecule has 1 aromatic rings. The molecule has 3 nitrogen and oxygen atoms in total. The molecule has 0 saturated carbocycles. The molecule has 4 heteroatoms. The second-order valence-corrected chi connectivity index (χ2v) is 7.42. The van der Waals surface area contributed by atoms with Crippen LogP contribution in [0.15, 0.2) is 0 Å². The fourth-order valence-electron chi connectivity index (χ4n) is 3.15. The van der Waals surface area contributed by atoms with E-state index in [4.69, 9.17) is 4.98 Å². The number of nitrogens with zero attached hydrogens (tertiary/aromatic N) is 2. The lowest BCUT2D eigenvalue weighted by molar-refractivity contribution is 0.228. The second kappa shape index (κ2) is 5.90. The van der Waals surface area contributed by atoms with Crippen molar-refractivity contribution in [3.63, 3.8) is 0 Å². The zero-order chi connectivity index (χ0) is 13.2. The molecule has 2 aliphatic rings. The first-order valence-corrected chi connectivity index (χ1v) is 8.48. The third-order valence-electron chi connectivity index (χ3n) is 4.06. The molecule has 2 aliphatic heterocycles. The minimum Gasteiger partial charge on any atom is -0.308 e. The van der Waals surface area contributed by atoms with Crippen LogP contribution >= 0.6 is 11.3 Å². The van der Waals surface area contributed by atoms with Crippen molar-refractivity contribution in [2.24, 2.45) is 5.92 Å². The van der Waals surface area contributed by atoms with E-state index in [0.29, 0.717) is 6.04 Å². The van der Waals surface area contributed by atoms with Crippen LogP contribution in [0, 0.1) is 5.92 Å². The Morgan fingerprint density at radius 3 is 3.05 bits per heavy atom. The van der Waals surface area contributed by atoms with Gasteiger partial charge in [-0.3, -0.25) is 4.90 Å². The molecule has 3 rings (SSSR count). The Hall–Kier alpha value is -0.450. The molecule has 0 bridgehead atoms. The molecule has 3 heterocycles. The normalized spacial score (nSPS) is 24.7. The summed E-state index contributed by atoms with van der Waals surface area (Å²) in [6.45, 7) is 9.30. The van der Waals surface area contributed by atoms with Crippen LogP contribution in [-0.2, 0) is 13.0 Å². The van der Waals surface area contributed by atoms with Crippen molar-refractivity contribution < 1.29 is 0 Å². The maximum Gasteiger partial charge on any atom is 0.110 e. The van der Waals surface area contributed by atoms with E-state index in [1.807, 2.05) is 11.3 Å². The summed E-state index contributed by atoms with van der Waals surface area (Å²) in [5, 5.41) is 4.97. The summed E-state index contributed by atoms with van der Waals surface area (Å²) in [5.41, 5.74) is 1.38. The average Bonchev–Trinajstić information content (AvgIpc) is 2.82. The van der Waals surface area contributed by atoms with Crippen molar-refractivity contribution >= 4 is 11.3 Å². The van der Waals surface area contributed by atoms with Gasteiger partial charge in [-0.05, 0) is 25.3 Å². The molecule has 1 N–H and O–H groups in total. The highest BCUT2D eigenvalue weighted by atomic mass is 32.1. The quantitative estimate of drug-likeness (QED) is 0.922. The molecule has 106 valence electrons. The van der Waals surface area contributed by atoms with Crippen LogP contribution in [0.25, 0.3) is 0 Å². The first-order valence-electron chi connectivity index (χ1n) is 7.66. The third kappa shape index (κ3) is 3.18. The summed E-state index contributed by atoms with van der Waals surface area (Å²) in [6.07, 6.45) is 5.08. The highest BCUT2D eigenvalue weighted by Gasteiger charge is 2.24. The first-order chi connectivity index (χ1) is 9.22. The molecule has 0 radical (unpaired) electrons. The maximum absolute atomic E-state index is 4.92. The van der Waals surface area contributed by atoms with Crippen molar-refractivity contribution in [1.82, 2.24) is 15.2 Å². The second-order valence-electron chi connectivity index (χ2n) is 6.30. The van der Waals surface area contributed by atoms with Crippen molar-refractivity contribution in [2.75, 3.05) is 19.6 Å². The number of hydrogen-bond acceptors (Lipinski definition) is 4. The summed E-state index contributed by atoms with van der Waals surface area (Å²) >= 11 is 1.96. The van der Waals surface area contributed by atoms with E-state index in [9.17, 15) is 0 Å². The Kier molecular flexibility index (Phi) is 4.20. The fraction of sp³-hybridized carbons (Fsp3) is 0.800. The largest absolute Gasteiger partial charge is 0.308 e. The van der Waals surface area contributed by atoms with Crippen LogP contribution < -0.4 is 5.32 Å². The number of nitrogens with one attached hydrogen (secondary N) is 1. The Labute approximate surface area is 120 Å². The van der Waals surface area contributed by atoms with Crippen LogP contribution in [0.1, 0.15) is 54.7 Å². The van der Waals surface area contributed by atoms with Gasteiger partial charge in [-0.15, -0.1) is 11.3 Å². The SMILES string of the molecule is CC(C)CN1CCc2nc(C3CCCCN3)sc2C1. The molecule has 1 aromatic heterocycles. The fourth-order valence-corrected chi connectivity index (χ4v) is 4.42. The maximum atomic E-state index is 4.92. The Balaban J connectivity index is 1.69. The van der Waals surface area contributed by atoms with Crippen LogP contribution in [0.4, 0.5) is 0 Å². The van der Waals surface area contributed by atoms with Crippen molar-refractivity contribution in [2.45, 2.75) is 52.1 Å². The number of piperidine rings is 1.